The number of hydrogen-bond acceptors (Lipinski definition) is 6. The van der Waals surface area contributed by atoms with E-state index in [1.165, 1.54) is 11.3 Å². The van der Waals surface area contributed by atoms with Gasteiger partial charge in [0.05, 0.1) is 19.2 Å². The lowest BCUT2D eigenvalue weighted by atomic mass is 10.0. The normalized spacial score (nSPS) is 10.5. The summed E-state index contributed by atoms with van der Waals surface area (Å²) in [5.41, 5.74) is 1.62. The fraction of sp³-hybridized carbons (Fsp3) is 0.316. The van der Waals surface area contributed by atoms with Crippen LogP contribution in [-0.4, -0.2) is 43.5 Å². The minimum Gasteiger partial charge on any atom is -0.462 e. The smallest absolute Gasteiger partial charge is 0.341 e. The van der Waals surface area contributed by atoms with E-state index in [-0.39, 0.29) is 19.1 Å². The SMILES string of the molecule is CCOC(=O)c1c(-c2ccccc2Cl)csc1NC(=O)CN(C)CCC#N. The molecule has 6 nitrogen and oxygen atoms in total. The first-order valence-corrected chi connectivity index (χ1v) is 9.62. The topological polar surface area (TPSA) is 82.4 Å². The van der Waals surface area contributed by atoms with Crippen LogP contribution in [0.3, 0.4) is 0 Å². The lowest BCUT2D eigenvalue weighted by Gasteiger charge is -2.14. The average molecular weight is 406 g/mol. The van der Waals surface area contributed by atoms with Crippen LogP contribution in [-0.2, 0) is 9.53 Å². The van der Waals surface area contributed by atoms with Crippen molar-refractivity contribution < 1.29 is 14.3 Å². The molecule has 0 unspecified atom stereocenters. The summed E-state index contributed by atoms with van der Waals surface area (Å²) in [7, 11) is 1.76. The Bertz CT molecular complexity index is 860. The second kappa shape index (κ2) is 10.1. The van der Waals surface area contributed by atoms with E-state index in [0.29, 0.717) is 39.7 Å². The first-order chi connectivity index (χ1) is 13.0. The van der Waals surface area contributed by atoms with Gasteiger partial charge in [-0.25, -0.2) is 4.79 Å². The molecule has 1 heterocycles. The summed E-state index contributed by atoms with van der Waals surface area (Å²) in [4.78, 5) is 26.6. The maximum atomic E-state index is 12.5. The summed E-state index contributed by atoms with van der Waals surface area (Å²) in [6.45, 7) is 2.55. The zero-order valence-corrected chi connectivity index (χ0v) is 16.7. The quantitative estimate of drug-likeness (QED) is 0.670. The highest BCUT2D eigenvalue weighted by atomic mass is 35.5. The van der Waals surface area contributed by atoms with Crippen LogP contribution < -0.4 is 5.32 Å². The Morgan fingerprint density at radius 2 is 2.07 bits per heavy atom. The van der Waals surface area contributed by atoms with Gasteiger partial charge < -0.3 is 10.1 Å². The first kappa shape index (κ1) is 20.9. The molecular formula is C19H20ClN3O3S. The van der Waals surface area contributed by atoms with Gasteiger partial charge in [0.1, 0.15) is 10.6 Å². The number of carbonyl (C=O) groups excluding carboxylic acids is 2. The van der Waals surface area contributed by atoms with Gasteiger partial charge in [-0.3, -0.25) is 9.69 Å². The van der Waals surface area contributed by atoms with Crippen LogP contribution in [0.1, 0.15) is 23.7 Å². The van der Waals surface area contributed by atoms with E-state index in [1.807, 2.05) is 24.3 Å². The molecule has 0 saturated carbocycles. The summed E-state index contributed by atoms with van der Waals surface area (Å²) in [6.07, 6.45) is 0.341. The molecule has 0 bridgehead atoms. The van der Waals surface area contributed by atoms with Crippen LogP contribution in [0.25, 0.3) is 11.1 Å². The molecule has 0 saturated heterocycles. The largest absolute Gasteiger partial charge is 0.462 e. The van der Waals surface area contributed by atoms with E-state index in [2.05, 4.69) is 5.32 Å². The predicted molar refractivity (Wildman–Crippen MR) is 107 cm³/mol. The highest BCUT2D eigenvalue weighted by molar-refractivity contribution is 7.15. The molecule has 0 aliphatic heterocycles. The number of ether oxygens (including phenoxy) is 1. The van der Waals surface area contributed by atoms with Crippen molar-refractivity contribution in [2.45, 2.75) is 13.3 Å². The van der Waals surface area contributed by atoms with Gasteiger partial charge in [0.15, 0.2) is 0 Å². The number of anilines is 1. The van der Waals surface area contributed by atoms with Gasteiger partial charge in [-0.2, -0.15) is 5.26 Å². The van der Waals surface area contributed by atoms with Gasteiger partial charge in [-0.15, -0.1) is 11.3 Å². The molecule has 1 aromatic heterocycles. The molecule has 1 aromatic carbocycles. The number of nitrogens with one attached hydrogen (secondary N) is 1. The molecule has 0 atom stereocenters. The Hall–Kier alpha value is -2.40. The molecule has 0 fully saturated rings. The maximum absolute atomic E-state index is 12.5. The van der Waals surface area contributed by atoms with Crippen molar-refractivity contribution in [1.82, 2.24) is 4.90 Å². The van der Waals surface area contributed by atoms with Crippen molar-refractivity contribution in [3.63, 3.8) is 0 Å². The third-order valence-electron chi connectivity index (χ3n) is 3.71. The van der Waals surface area contributed by atoms with E-state index in [1.54, 1.807) is 30.3 Å². The Morgan fingerprint density at radius 3 is 2.74 bits per heavy atom. The third-order valence-corrected chi connectivity index (χ3v) is 4.93. The number of carbonyl (C=O) groups is 2. The van der Waals surface area contributed by atoms with Crippen molar-refractivity contribution in [1.29, 1.82) is 5.26 Å². The zero-order valence-electron chi connectivity index (χ0n) is 15.1. The molecule has 1 N–H and O–H groups in total. The number of thiophene rings is 1. The third kappa shape index (κ3) is 5.54. The summed E-state index contributed by atoms with van der Waals surface area (Å²) in [6, 6.07) is 9.23. The highest BCUT2D eigenvalue weighted by Crippen LogP contribution is 2.39. The number of nitrogens with zero attached hydrogens (tertiary/aromatic N) is 2. The maximum Gasteiger partial charge on any atom is 0.341 e. The van der Waals surface area contributed by atoms with Crippen LogP contribution >= 0.6 is 22.9 Å². The van der Waals surface area contributed by atoms with Gasteiger partial charge in [0.25, 0.3) is 0 Å². The number of esters is 1. The molecule has 0 aliphatic carbocycles. The van der Waals surface area contributed by atoms with Gasteiger partial charge in [-0.1, -0.05) is 29.8 Å². The average Bonchev–Trinajstić information content (AvgIpc) is 3.03. The molecule has 1 amide bonds. The van der Waals surface area contributed by atoms with E-state index >= 15 is 0 Å². The van der Waals surface area contributed by atoms with Crippen LogP contribution in [0.15, 0.2) is 29.6 Å². The lowest BCUT2D eigenvalue weighted by molar-refractivity contribution is -0.117. The van der Waals surface area contributed by atoms with Crippen LogP contribution in [0.4, 0.5) is 5.00 Å². The standard InChI is InChI=1S/C19H20ClN3O3S/c1-3-26-19(25)17-14(13-7-4-5-8-15(13)20)12-27-18(17)22-16(24)11-23(2)10-6-9-21/h4-5,7-8,12H,3,6,10-11H2,1-2H3,(H,22,24). The van der Waals surface area contributed by atoms with Gasteiger partial charge in [0, 0.05) is 34.5 Å². The summed E-state index contributed by atoms with van der Waals surface area (Å²) >= 11 is 7.52. The predicted octanol–water partition coefficient (Wildman–Crippen LogP) is 4.03. The van der Waals surface area contributed by atoms with E-state index in [0.717, 1.165) is 0 Å². The number of hydrogen-bond donors (Lipinski definition) is 1. The molecule has 0 aliphatic rings. The molecule has 2 rings (SSSR count). The minimum absolute atomic E-state index is 0.114. The number of amides is 1. The number of halogens is 1. The molecule has 27 heavy (non-hydrogen) atoms. The van der Waals surface area contributed by atoms with Crippen LogP contribution in [0.2, 0.25) is 5.02 Å². The monoisotopic (exact) mass is 405 g/mol. The van der Waals surface area contributed by atoms with E-state index in [9.17, 15) is 9.59 Å². The molecule has 0 spiro atoms. The molecule has 0 radical (unpaired) electrons. The van der Waals surface area contributed by atoms with Gasteiger partial charge in [-0.05, 0) is 20.0 Å². The van der Waals surface area contributed by atoms with Crippen molar-refractivity contribution in [2.75, 3.05) is 32.1 Å². The molecule has 8 heteroatoms. The summed E-state index contributed by atoms with van der Waals surface area (Å²) in [5, 5.41) is 14.1. The Morgan fingerprint density at radius 1 is 1.33 bits per heavy atom. The summed E-state index contributed by atoms with van der Waals surface area (Å²) < 4.78 is 5.17. The Balaban J connectivity index is 2.29. The fourth-order valence-corrected chi connectivity index (χ4v) is 3.67. The van der Waals surface area contributed by atoms with E-state index < -0.39 is 5.97 Å². The van der Waals surface area contributed by atoms with Crippen molar-refractivity contribution >= 4 is 39.8 Å². The lowest BCUT2D eigenvalue weighted by Crippen LogP contribution is -2.31. The van der Waals surface area contributed by atoms with Crippen LogP contribution in [0, 0.1) is 11.3 Å². The number of likely N-dealkylation sites (N-methyl/N-ethyl adjacent to an activating group) is 1. The molecule has 142 valence electrons. The Labute approximate surface area is 167 Å². The second-order valence-corrected chi connectivity index (χ2v) is 7.03. The molecule has 2 aromatic rings. The van der Waals surface area contributed by atoms with Crippen molar-refractivity contribution in [3.8, 4) is 17.2 Å². The zero-order chi connectivity index (χ0) is 19.8. The van der Waals surface area contributed by atoms with Crippen molar-refractivity contribution in [2.24, 2.45) is 0 Å². The minimum atomic E-state index is -0.512. The van der Waals surface area contributed by atoms with E-state index in [4.69, 9.17) is 21.6 Å². The highest BCUT2D eigenvalue weighted by Gasteiger charge is 2.24. The number of benzene rings is 1. The van der Waals surface area contributed by atoms with Crippen molar-refractivity contribution in [3.05, 3.63) is 40.2 Å². The second-order valence-electron chi connectivity index (χ2n) is 5.75. The van der Waals surface area contributed by atoms with Gasteiger partial charge >= 0.3 is 5.97 Å². The number of rotatable bonds is 8. The summed E-state index contributed by atoms with van der Waals surface area (Å²) in [5.74, 6) is -0.782. The number of nitriles is 1. The first-order valence-electron chi connectivity index (χ1n) is 8.36. The Kier molecular flexibility index (Phi) is 7.80. The van der Waals surface area contributed by atoms with Crippen LogP contribution in [0.5, 0.6) is 0 Å². The molecular weight excluding hydrogens is 386 g/mol. The van der Waals surface area contributed by atoms with Gasteiger partial charge in [0.2, 0.25) is 5.91 Å². The fourth-order valence-electron chi connectivity index (χ4n) is 2.46.